The van der Waals surface area contributed by atoms with E-state index in [-0.39, 0.29) is 11.9 Å². The third kappa shape index (κ3) is 3.24. The van der Waals surface area contributed by atoms with Crippen molar-refractivity contribution < 1.29 is 9.53 Å². The van der Waals surface area contributed by atoms with Gasteiger partial charge < -0.3 is 14.6 Å². The number of ether oxygens (including phenoxy) is 1. The minimum Gasteiger partial charge on any atom is -0.497 e. The molecule has 1 amide bonds. The smallest absolute Gasteiger partial charge is 0.221 e. The number of fused-ring (bicyclic) bond motifs is 3. The maximum Gasteiger partial charge on any atom is 0.221 e. The van der Waals surface area contributed by atoms with E-state index < -0.39 is 0 Å². The molecule has 0 saturated carbocycles. The summed E-state index contributed by atoms with van der Waals surface area (Å²) in [6.07, 6.45) is 1.26. The third-order valence-corrected chi connectivity index (χ3v) is 5.93. The van der Waals surface area contributed by atoms with Crippen molar-refractivity contribution in [3.63, 3.8) is 0 Å². The SMILES string of the molecule is COc1ccc(Cn2c3c(c4ccccc42)CCC(=O)NC3c2ccccc2)cc1. The largest absolute Gasteiger partial charge is 0.497 e. The second-order valence-corrected chi connectivity index (χ2v) is 7.73. The Bertz CT molecular complexity index is 1190. The molecule has 1 N–H and O–H groups in total. The zero-order valence-electron chi connectivity index (χ0n) is 17.0. The zero-order chi connectivity index (χ0) is 20.5. The fraction of sp³-hybridized carbons (Fsp3) is 0.192. The number of nitrogens with zero attached hydrogens (tertiary/aromatic N) is 1. The van der Waals surface area contributed by atoms with Crippen LogP contribution in [0.5, 0.6) is 5.75 Å². The van der Waals surface area contributed by atoms with Gasteiger partial charge in [-0.1, -0.05) is 60.7 Å². The lowest BCUT2D eigenvalue weighted by Crippen LogP contribution is -2.29. The predicted molar refractivity (Wildman–Crippen MR) is 119 cm³/mol. The highest BCUT2D eigenvalue weighted by molar-refractivity contribution is 5.88. The van der Waals surface area contributed by atoms with Gasteiger partial charge in [0, 0.05) is 29.6 Å². The summed E-state index contributed by atoms with van der Waals surface area (Å²) in [7, 11) is 1.68. The molecule has 1 aliphatic heterocycles. The summed E-state index contributed by atoms with van der Waals surface area (Å²) in [6, 6.07) is 26.8. The maximum atomic E-state index is 12.6. The van der Waals surface area contributed by atoms with Gasteiger partial charge >= 0.3 is 0 Å². The molecule has 30 heavy (non-hydrogen) atoms. The average molecular weight is 396 g/mol. The highest BCUT2D eigenvalue weighted by Gasteiger charge is 2.29. The van der Waals surface area contributed by atoms with Crippen LogP contribution in [-0.4, -0.2) is 17.6 Å². The molecule has 1 aromatic heterocycles. The standard InChI is InChI=1S/C26H24N2O2/c1-30-20-13-11-18(12-14-20)17-28-23-10-6-5-9-21(23)22-15-16-24(29)27-25(26(22)28)19-7-3-2-4-8-19/h2-14,25H,15-17H2,1H3,(H,27,29). The van der Waals surface area contributed by atoms with Crippen molar-refractivity contribution in [2.24, 2.45) is 0 Å². The molecule has 3 aromatic carbocycles. The van der Waals surface area contributed by atoms with Crippen molar-refractivity contribution in [3.05, 3.63) is 101 Å². The average Bonchev–Trinajstić information content (AvgIpc) is 2.98. The van der Waals surface area contributed by atoms with E-state index in [0.29, 0.717) is 6.42 Å². The lowest BCUT2D eigenvalue weighted by atomic mass is 9.99. The van der Waals surface area contributed by atoms with Gasteiger partial charge in [-0.2, -0.15) is 0 Å². The molecule has 4 heteroatoms. The molecule has 0 saturated heterocycles. The van der Waals surface area contributed by atoms with Crippen LogP contribution < -0.4 is 10.1 Å². The summed E-state index contributed by atoms with van der Waals surface area (Å²) in [5, 5.41) is 4.51. The maximum absolute atomic E-state index is 12.6. The number of nitrogens with one attached hydrogen (secondary N) is 1. The predicted octanol–water partition coefficient (Wildman–Crippen LogP) is 4.85. The first kappa shape index (κ1) is 18.5. The summed E-state index contributed by atoms with van der Waals surface area (Å²) in [4.78, 5) is 12.6. The van der Waals surface area contributed by atoms with E-state index in [1.807, 2.05) is 30.3 Å². The van der Waals surface area contributed by atoms with Crippen LogP contribution in [0.25, 0.3) is 10.9 Å². The molecule has 5 rings (SSSR count). The van der Waals surface area contributed by atoms with E-state index in [4.69, 9.17) is 4.74 Å². The Balaban J connectivity index is 1.71. The first-order valence-corrected chi connectivity index (χ1v) is 10.3. The van der Waals surface area contributed by atoms with Crippen molar-refractivity contribution in [3.8, 4) is 5.75 Å². The quantitative estimate of drug-likeness (QED) is 0.536. The molecule has 4 nitrogen and oxygen atoms in total. The van der Waals surface area contributed by atoms with Crippen LogP contribution >= 0.6 is 0 Å². The molecule has 0 radical (unpaired) electrons. The Hall–Kier alpha value is -3.53. The number of aryl methyl sites for hydroxylation is 1. The molecule has 0 spiro atoms. The molecule has 4 aromatic rings. The lowest BCUT2D eigenvalue weighted by Gasteiger charge is -2.22. The molecule has 0 fully saturated rings. The van der Waals surface area contributed by atoms with Crippen molar-refractivity contribution in [2.45, 2.75) is 25.4 Å². The number of benzene rings is 3. The van der Waals surface area contributed by atoms with Crippen LogP contribution in [0, 0.1) is 0 Å². The van der Waals surface area contributed by atoms with E-state index in [0.717, 1.165) is 24.3 Å². The summed E-state index contributed by atoms with van der Waals surface area (Å²) >= 11 is 0. The first-order valence-electron chi connectivity index (χ1n) is 10.3. The van der Waals surface area contributed by atoms with Crippen LogP contribution in [0.3, 0.4) is 0 Å². The van der Waals surface area contributed by atoms with E-state index in [1.165, 1.54) is 27.7 Å². The summed E-state index contributed by atoms with van der Waals surface area (Å²) in [5.41, 5.74) is 5.96. The summed E-state index contributed by atoms with van der Waals surface area (Å²) < 4.78 is 7.68. The third-order valence-electron chi connectivity index (χ3n) is 5.93. The number of methoxy groups -OCH3 is 1. The Kier molecular flexibility index (Phi) is 4.75. The van der Waals surface area contributed by atoms with Gasteiger partial charge in [0.1, 0.15) is 5.75 Å². The zero-order valence-corrected chi connectivity index (χ0v) is 17.0. The van der Waals surface area contributed by atoms with Gasteiger partial charge in [-0.15, -0.1) is 0 Å². The lowest BCUT2D eigenvalue weighted by molar-refractivity contribution is -0.121. The van der Waals surface area contributed by atoms with Crippen LogP contribution in [0.15, 0.2) is 78.9 Å². The topological polar surface area (TPSA) is 43.3 Å². The molecule has 1 unspecified atom stereocenters. The molecule has 0 bridgehead atoms. The van der Waals surface area contributed by atoms with Crippen LogP contribution in [0.4, 0.5) is 0 Å². The number of rotatable bonds is 4. The fourth-order valence-electron chi connectivity index (χ4n) is 4.50. The van der Waals surface area contributed by atoms with Crippen molar-refractivity contribution >= 4 is 16.8 Å². The fourth-order valence-corrected chi connectivity index (χ4v) is 4.50. The molecule has 0 aliphatic carbocycles. The monoisotopic (exact) mass is 396 g/mol. The summed E-state index contributed by atoms with van der Waals surface area (Å²) in [6.45, 7) is 0.735. The molecule has 1 aliphatic rings. The van der Waals surface area contributed by atoms with Crippen LogP contribution in [-0.2, 0) is 17.8 Å². The normalized spacial score (nSPS) is 16.0. The van der Waals surface area contributed by atoms with Gasteiger partial charge in [0.25, 0.3) is 0 Å². The highest BCUT2D eigenvalue weighted by Crippen LogP contribution is 2.36. The molecular formula is C26H24N2O2. The first-order chi connectivity index (χ1) is 14.7. The Morgan fingerprint density at radius 3 is 2.43 bits per heavy atom. The number of aromatic nitrogens is 1. The number of para-hydroxylation sites is 1. The Morgan fingerprint density at radius 1 is 0.933 bits per heavy atom. The molecule has 2 heterocycles. The van der Waals surface area contributed by atoms with Gasteiger partial charge in [0.15, 0.2) is 0 Å². The van der Waals surface area contributed by atoms with Crippen LogP contribution in [0.2, 0.25) is 0 Å². The molecule has 150 valence electrons. The van der Waals surface area contributed by atoms with Gasteiger partial charge in [0.2, 0.25) is 5.91 Å². The number of carbonyl (C=O) groups excluding carboxylic acids is 1. The number of amides is 1. The number of hydrogen-bond donors (Lipinski definition) is 1. The Labute approximate surface area is 176 Å². The van der Waals surface area contributed by atoms with E-state index in [9.17, 15) is 4.79 Å². The van der Waals surface area contributed by atoms with Gasteiger partial charge in [0.05, 0.1) is 13.2 Å². The van der Waals surface area contributed by atoms with Crippen LogP contribution in [0.1, 0.15) is 34.8 Å². The van der Waals surface area contributed by atoms with Gasteiger partial charge in [-0.25, -0.2) is 0 Å². The van der Waals surface area contributed by atoms with Crippen molar-refractivity contribution in [2.75, 3.05) is 7.11 Å². The van der Waals surface area contributed by atoms with Gasteiger partial charge in [-0.05, 0) is 41.3 Å². The van der Waals surface area contributed by atoms with Crippen molar-refractivity contribution in [1.29, 1.82) is 0 Å². The second-order valence-electron chi connectivity index (χ2n) is 7.73. The number of hydrogen-bond acceptors (Lipinski definition) is 2. The van der Waals surface area contributed by atoms with E-state index in [1.54, 1.807) is 7.11 Å². The van der Waals surface area contributed by atoms with E-state index in [2.05, 4.69) is 58.4 Å². The van der Waals surface area contributed by atoms with Crippen molar-refractivity contribution in [1.82, 2.24) is 9.88 Å². The van der Waals surface area contributed by atoms with E-state index >= 15 is 0 Å². The minimum absolute atomic E-state index is 0.0973. The summed E-state index contributed by atoms with van der Waals surface area (Å²) in [5.74, 6) is 0.949. The highest BCUT2D eigenvalue weighted by atomic mass is 16.5. The second kappa shape index (κ2) is 7.71. The van der Waals surface area contributed by atoms with Gasteiger partial charge in [-0.3, -0.25) is 4.79 Å². The Morgan fingerprint density at radius 2 is 1.67 bits per heavy atom. The minimum atomic E-state index is -0.165. The molecule has 1 atom stereocenters. The molecular weight excluding hydrogens is 372 g/mol. The number of carbonyl (C=O) groups is 1.